The first kappa shape index (κ1) is 27.4. The molecule has 3 heterocycles. The van der Waals surface area contributed by atoms with Crippen LogP contribution in [0.2, 0.25) is 0 Å². The zero-order valence-corrected chi connectivity index (χ0v) is 22.6. The number of rotatable bonds is 5. The van der Waals surface area contributed by atoms with Gasteiger partial charge < -0.3 is 25.4 Å². The van der Waals surface area contributed by atoms with Crippen LogP contribution in [-0.2, 0) is 4.74 Å². The highest BCUT2D eigenvalue weighted by molar-refractivity contribution is 5.98. The number of nitrogens with zero attached hydrogens (tertiary/aromatic N) is 4. The maximum atomic E-state index is 14.0. The van der Waals surface area contributed by atoms with Crippen molar-refractivity contribution in [2.45, 2.75) is 38.8 Å². The second kappa shape index (κ2) is 10.8. The number of nitrogens with two attached hydrogens (primary N) is 1. The van der Waals surface area contributed by atoms with Crippen molar-refractivity contribution in [3.05, 3.63) is 65.5 Å². The monoisotopic (exact) mass is 554 g/mol. The number of nitrogens with one attached hydrogen (secondary N) is 1. The van der Waals surface area contributed by atoms with E-state index in [9.17, 15) is 18.4 Å². The third kappa shape index (κ3) is 5.71. The van der Waals surface area contributed by atoms with E-state index < -0.39 is 23.1 Å². The second-order valence-electron chi connectivity index (χ2n) is 10.8. The molecule has 5 rings (SSSR count). The summed E-state index contributed by atoms with van der Waals surface area (Å²) in [6.07, 6.45) is 0.443. The molecule has 1 atom stereocenters. The number of fused-ring (bicyclic) bond motifs is 1. The topological polar surface area (TPSA) is 115 Å². The van der Waals surface area contributed by atoms with Gasteiger partial charge in [0.05, 0.1) is 17.4 Å². The molecule has 12 heteroatoms. The number of carbonyl (C=O) groups excluding carboxylic acids is 2. The van der Waals surface area contributed by atoms with E-state index in [0.717, 1.165) is 18.6 Å². The smallest absolute Gasteiger partial charge is 0.410 e. The Hall–Kier alpha value is -4.19. The van der Waals surface area contributed by atoms with E-state index >= 15 is 0 Å². The van der Waals surface area contributed by atoms with E-state index in [-0.39, 0.29) is 23.6 Å². The highest BCUT2D eigenvalue weighted by Crippen LogP contribution is 2.37. The normalized spacial score (nSPS) is 17.6. The van der Waals surface area contributed by atoms with Gasteiger partial charge in [0.1, 0.15) is 22.9 Å². The summed E-state index contributed by atoms with van der Waals surface area (Å²) in [7, 11) is 0. The van der Waals surface area contributed by atoms with Crippen LogP contribution < -0.4 is 15.8 Å². The Balaban J connectivity index is 1.36. The van der Waals surface area contributed by atoms with Crippen molar-refractivity contribution < 1.29 is 27.8 Å². The number of amides is 2. The Bertz CT molecular complexity index is 1410. The Morgan fingerprint density at radius 1 is 1.05 bits per heavy atom. The summed E-state index contributed by atoms with van der Waals surface area (Å²) in [6, 6.07) is 9.56. The lowest BCUT2D eigenvalue weighted by atomic mass is 10.0. The number of benzene rings is 2. The van der Waals surface area contributed by atoms with Gasteiger partial charge in [0.2, 0.25) is 0 Å². The van der Waals surface area contributed by atoms with Gasteiger partial charge in [-0.25, -0.2) is 18.3 Å². The number of hydrogen-bond acceptors (Lipinski definition) is 7. The third-order valence-electron chi connectivity index (χ3n) is 6.79. The molecule has 0 saturated carbocycles. The molecule has 3 N–H and O–H groups in total. The van der Waals surface area contributed by atoms with Gasteiger partial charge in [0, 0.05) is 38.8 Å². The van der Waals surface area contributed by atoms with Gasteiger partial charge in [-0.05, 0) is 63.6 Å². The van der Waals surface area contributed by atoms with Crippen molar-refractivity contribution in [3.63, 3.8) is 0 Å². The van der Waals surface area contributed by atoms with Gasteiger partial charge in [-0.1, -0.05) is 0 Å². The largest absolute Gasteiger partial charge is 0.454 e. The summed E-state index contributed by atoms with van der Waals surface area (Å²) >= 11 is 0. The predicted octanol–water partition coefficient (Wildman–Crippen LogP) is 4.45. The average Bonchev–Trinajstić information content (AvgIpc) is 3.30. The first-order chi connectivity index (χ1) is 19.0. The molecule has 2 amide bonds. The Kier molecular flexibility index (Phi) is 7.37. The Labute approximate surface area is 230 Å². The van der Waals surface area contributed by atoms with Crippen LogP contribution >= 0.6 is 0 Å². The summed E-state index contributed by atoms with van der Waals surface area (Å²) in [5, 5.41) is 8.09. The maximum absolute atomic E-state index is 14.0. The lowest BCUT2D eigenvalue weighted by molar-refractivity contribution is 0.00952. The van der Waals surface area contributed by atoms with Crippen molar-refractivity contribution in [1.82, 2.24) is 19.6 Å². The number of hydrogen-bond donors (Lipinski definition) is 2. The van der Waals surface area contributed by atoms with Gasteiger partial charge in [-0.3, -0.25) is 9.69 Å². The number of halogens is 2. The summed E-state index contributed by atoms with van der Waals surface area (Å²) in [6.45, 7) is 8.47. The minimum Gasteiger partial charge on any atom is -0.454 e. The number of primary amides is 1. The van der Waals surface area contributed by atoms with Gasteiger partial charge in [-0.2, -0.15) is 5.10 Å². The molecule has 0 spiro atoms. The van der Waals surface area contributed by atoms with Crippen LogP contribution in [0.5, 0.6) is 11.5 Å². The lowest BCUT2D eigenvalue weighted by Crippen LogP contribution is -2.51. The summed E-state index contributed by atoms with van der Waals surface area (Å²) in [5.41, 5.74) is 7.33. The van der Waals surface area contributed by atoms with Crippen molar-refractivity contribution in [2.24, 2.45) is 5.73 Å². The molecule has 1 fully saturated rings. The zero-order chi connectivity index (χ0) is 28.6. The third-order valence-corrected chi connectivity index (χ3v) is 6.79. The van der Waals surface area contributed by atoms with Crippen LogP contribution in [0.3, 0.4) is 0 Å². The van der Waals surface area contributed by atoms with E-state index in [1.165, 1.54) is 10.7 Å². The molecule has 2 aliphatic rings. The number of carbonyl (C=O) groups is 2. The molecule has 1 aromatic heterocycles. The molecule has 1 saturated heterocycles. The minimum atomic E-state index is -0.816. The summed E-state index contributed by atoms with van der Waals surface area (Å²) in [5.74, 6) is -1.93. The molecule has 212 valence electrons. The van der Waals surface area contributed by atoms with Gasteiger partial charge in [0.25, 0.3) is 5.91 Å². The van der Waals surface area contributed by atoms with Crippen molar-refractivity contribution >= 4 is 17.7 Å². The van der Waals surface area contributed by atoms with Crippen LogP contribution in [0.25, 0.3) is 5.69 Å². The number of piperazine rings is 1. The standard InChI is InChI=1S/C28H32F2N6O4/c1-28(2,3)40-27(38)35-14-12-34(13-15-35)21-10-11-32-24-23(21)33-36(25(24)26(31)37)18-5-7-19(8-6-18)39-22-9-4-17(29)16-20(22)30/h4-9,16,21,32H,10-15H2,1-3H3,(H2,31,37). The fourth-order valence-electron chi connectivity index (χ4n) is 4.97. The van der Waals surface area contributed by atoms with E-state index in [1.807, 2.05) is 20.8 Å². The predicted molar refractivity (Wildman–Crippen MR) is 144 cm³/mol. The molecule has 2 aromatic carbocycles. The number of anilines is 1. The quantitative estimate of drug-likeness (QED) is 0.479. The second-order valence-corrected chi connectivity index (χ2v) is 10.8. The summed E-state index contributed by atoms with van der Waals surface area (Å²) in [4.78, 5) is 29.0. The van der Waals surface area contributed by atoms with E-state index in [4.69, 9.17) is 20.3 Å². The Morgan fingerprint density at radius 3 is 2.38 bits per heavy atom. The number of aromatic nitrogens is 2. The minimum absolute atomic E-state index is 0.0690. The summed E-state index contributed by atoms with van der Waals surface area (Å²) < 4.78 is 39.8. The fourth-order valence-corrected chi connectivity index (χ4v) is 4.97. The van der Waals surface area contributed by atoms with Gasteiger partial charge in [0.15, 0.2) is 17.3 Å². The van der Waals surface area contributed by atoms with Crippen LogP contribution in [0.1, 0.15) is 49.4 Å². The molecule has 2 aliphatic heterocycles. The first-order valence-electron chi connectivity index (χ1n) is 13.1. The highest BCUT2D eigenvalue weighted by atomic mass is 19.1. The SMILES string of the molecule is CC(C)(C)OC(=O)N1CCN(C2CCNc3c2nn(-c2ccc(Oc4ccc(F)cc4F)cc2)c3C(N)=O)CC1. The maximum Gasteiger partial charge on any atom is 0.410 e. The zero-order valence-electron chi connectivity index (χ0n) is 22.6. The van der Waals surface area contributed by atoms with Crippen LogP contribution in [0.4, 0.5) is 19.3 Å². The lowest BCUT2D eigenvalue weighted by Gasteiger charge is -2.40. The average molecular weight is 555 g/mol. The van der Waals surface area contributed by atoms with Crippen molar-refractivity contribution in [2.75, 3.05) is 38.0 Å². The van der Waals surface area contributed by atoms with Crippen molar-refractivity contribution in [1.29, 1.82) is 0 Å². The van der Waals surface area contributed by atoms with Crippen LogP contribution in [0.15, 0.2) is 42.5 Å². The van der Waals surface area contributed by atoms with Crippen LogP contribution in [-0.4, -0.2) is 69.9 Å². The van der Waals surface area contributed by atoms with Gasteiger partial charge >= 0.3 is 6.09 Å². The first-order valence-corrected chi connectivity index (χ1v) is 13.1. The molecule has 0 bridgehead atoms. The van der Waals surface area contributed by atoms with Gasteiger partial charge in [-0.15, -0.1) is 0 Å². The Morgan fingerprint density at radius 2 is 1.75 bits per heavy atom. The molecule has 0 radical (unpaired) electrons. The molecule has 1 unspecified atom stereocenters. The number of ether oxygens (including phenoxy) is 2. The van der Waals surface area contributed by atoms with Crippen LogP contribution in [0, 0.1) is 11.6 Å². The molecule has 3 aromatic rings. The molecular weight excluding hydrogens is 522 g/mol. The van der Waals surface area contributed by atoms with E-state index in [2.05, 4.69) is 10.2 Å². The fraction of sp³-hybridized carbons (Fsp3) is 0.393. The molecule has 0 aliphatic carbocycles. The molecular formula is C28H32F2N6O4. The van der Waals surface area contributed by atoms with E-state index in [1.54, 1.807) is 29.2 Å². The van der Waals surface area contributed by atoms with Crippen molar-refractivity contribution in [3.8, 4) is 17.2 Å². The molecule has 10 nitrogen and oxygen atoms in total. The highest BCUT2D eigenvalue weighted by Gasteiger charge is 2.36. The molecule has 40 heavy (non-hydrogen) atoms. The van der Waals surface area contributed by atoms with E-state index in [0.29, 0.717) is 55.5 Å².